The quantitative estimate of drug-likeness (QED) is 0.459. The summed E-state index contributed by atoms with van der Waals surface area (Å²) < 4.78 is 0. The molecular formula is C11H22N2O4. The van der Waals surface area contributed by atoms with Crippen LogP contribution in [0.1, 0.15) is 26.2 Å². The smallest absolute Gasteiger partial charge is 0.304 e. The molecule has 0 aliphatic carbocycles. The number of aliphatic hydroxyl groups excluding tert-OH is 1. The SMILES string of the molecule is CCCCNC(=O)CN(CCO)CCC(=O)O. The number of carboxylic acids is 1. The number of carbonyl (C=O) groups is 2. The highest BCUT2D eigenvalue weighted by Gasteiger charge is 2.11. The Hall–Kier alpha value is -1.14. The van der Waals surface area contributed by atoms with Crippen molar-refractivity contribution in [2.24, 2.45) is 0 Å². The topological polar surface area (TPSA) is 89.9 Å². The number of unbranched alkanes of at least 4 members (excludes halogenated alkanes) is 1. The first-order valence-corrected chi connectivity index (χ1v) is 5.91. The first-order valence-electron chi connectivity index (χ1n) is 5.91. The summed E-state index contributed by atoms with van der Waals surface area (Å²) in [5, 5.41) is 20.1. The molecule has 0 spiro atoms. The summed E-state index contributed by atoms with van der Waals surface area (Å²) in [5.41, 5.74) is 0. The Morgan fingerprint density at radius 1 is 1.29 bits per heavy atom. The zero-order valence-corrected chi connectivity index (χ0v) is 10.3. The van der Waals surface area contributed by atoms with E-state index in [2.05, 4.69) is 5.32 Å². The molecule has 0 aromatic rings. The van der Waals surface area contributed by atoms with E-state index in [4.69, 9.17) is 10.2 Å². The summed E-state index contributed by atoms with van der Waals surface area (Å²) in [6.45, 7) is 3.32. The molecule has 0 fully saturated rings. The van der Waals surface area contributed by atoms with Crippen molar-refractivity contribution in [1.29, 1.82) is 0 Å². The Bertz CT molecular complexity index is 234. The third-order valence-corrected chi connectivity index (χ3v) is 2.28. The minimum atomic E-state index is -0.903. The van der Waals surface area contributed by atoms with Crippen molar-refractivity contribution in [2.45, 2.75) is 26.2 Å². The number of aliphatic carboxylic acids is 1. The van der Waals surface area contributed by atoms with Crippen LogP contribution < -0.4 is 5.32 Å². The molecule has 0 bridgehead atoms. The molecule has 3 N–H and O–H groups in total. The minimum Gasteiger partial charge on any atom is -0.481 e. The van der Waals surface area contributed by atoms with Gasteiger partial charge in [0.1, 0.15) is 0 Å². The van der Waals surface area contributed by atoms with Gasteiger partial charge in [-0.2, -0.15) is 0 Å². The molecule has 0 atom stereocenters. The number of hydrogen-bond acceptors (Lipinski definition) is 4. The van der Waals surface area contributed by atoms with Gasteiger partial charge in [0.2, 0.25) is 5.91 Å². The van der Waals surface area contributed by atoms with Gasteiger partial charge in [0.15, 0.2) is 0 Å². The van der Waals surface area contributed by atoms with E-state index < -0.39 is 5.97 Å². The predicted octanol–water partition coefficient (Wildman–Crippen LogP) is -0.328. The lowest BCUT2D eigenvalue weighted by molar-refractivity contribution is -0.137. The van der Waals surface area contributed by atoms with E-state index in [0.29, 0.717) is 13.1 Å². The van der Waals surface area contributed by atoms with Gasteiger partial charge >= 0.3 is 5.97 Å². The highest BCUT2D eigenvalue weighted by Crippen LogP contribution is 1.92. The Kier molecular flexibility index (Phi) is 9.37. The molecule has 6 nitrogen and oxygen atoms in total. The lowest BCUT2D eigenvalue weighted by Gasteiger charge is -2.19. The van der Waals surface area contributed by atoms with Crippen LogP contribution in [0.25, 0.3) is 0 Å². The van der Waals surface area contributed by atoms with Crippen molar-refractivity contribution in [1.82, 2.24) is 10.2 Å². The molecule has 100 valence electrons. The number of hydrogen-bond donors (Lipinski definition) is 3. The Morgan fingerprint density at radius 2 is 2.00 bits per heavy atom. The first-order chi connectivity index (χ1) is 8.10. The number of carbonyl (C=O) groups excluding carboxylic acids is 1. The first kappa shape index (κ1) is 15.9. The van der Waals surface area contributed by atoms with Crippen LogP contribution in [-0.4, -0.2) is 59.8 Å². The highest BCUT2D eigenvalue weighted by atomic mass is 16.4. The van der Waals surface area contributed by atoms with Crippen molar-refractivity contribution >= 4 is 11.9 Å². The number of aliphatic hydroxyl groups is 1. The molecule has 6 heteroatoms. The third kappa shape index (κ3) is 9.77. The molecule has 0 aromatic heterocycles. The van der Waals surface area contributed by atoms with Crippen molar-refractivity contribution in [3.05, 3.63) is 0 Å². The average molecular weight is 246 g/mol. The largest absolute Gasteiger partial charge is 0.481 e. The van der Waals surface area contributed by atoms with Crippen LogP contribution in [0.3, 0.4) is 0 Å². The van der Waals surface area contributed by atoms with E-state index >= 15 is 0 Å². The number of carboxylic acid groups (broad SMARTS) is 1. The molecule has 0 rings (SSSR count). The summed E-state index contributed by atoms with van der Waals surface area (Å²) in [4.78, 5) is 23.5. The maximum Gasteiger partial charge on any atom is 0.304 e. The van der Waals surface area contributed by atoms with Gasteiger partial charge in [-0.05, 0) is 6.42 Å². The molecule has 0 radical (unpaired) electrons. The van der Waals surface area contributed by atoms with Gasteiger partial charge in [-0.1, -0.05) is 13.3 Å². The Labute approximate surface area is 102 Å². The summed E-state index contributed by atoms with van der Waals surface area (Å²) in [6, 6.07) is 0. The fourth-order valence-electron chi connectivity index (χ4n) is 1.33. The maximum atomic E-state index is 11.5. The molecule has 17 heavy (non-hydrogen) atoms. The van der Waals surface area contributed by atoms with Gasteiger partial charge in [-0.3, -0.25) is 14.5 Å². The highest BCUT2D eigenvalue weighted by molar-refractivity contribution is 5.78. The van der Waals surface area contributed by atoms with E-state index in [-0.39, 0.29) is 32.0 Å². The summed E-state index contributed by atoms with van der Waals surface area (Å²) >= 11 is 0. The number of nitrogens with one attached hydrogen (secondary N) is 1. The van der Waals surface area contributed by atoms with Crippen LogP contribution in [0.2, 0.25) is 0 Å². The predicted molar refractivity (Wildman–Crippen MR) is 63.7 cm³/mol. The van der Waals surface area contributed by atoms with Gasteiger partial charge in [0.25, 0.3) is 0 Å². The zero-order chi connectivity index (χ0) is 13.1. The monoisotopic (exact) mass is 246 g/mol. The van der Waals surface area contributed by atoms with Crippen molar-refractivity contribution in [3.8, 4) is 0 Å². The van der Waals surface area contributed by atoms with Crippen LogP contribution in [-0.2, 0) is 9.59 Å². The molecule has 0 aromatic carbocycles. The van der Waals surface area contributed by atoms with Gasteiger partial charge in [-0.15, -0.1) is 0 Å². The molecule has 0 heterocycles. The molecule has 0 unspecified atom stereocenters. The van der Waals surface area contributed by atoms with E-state index in [0.717, 1.165) is 12.8 Å². The van der Waals surface area contributed by atoms with Crippen molar-refractivity contribution in [2.75, 3.05) is 32.8 Å². The molecule has 1 amide bonds. The van der Waals surface area contributed by atoms with Gasteiger partial charge in [-0.25, -0.2) is 0 Å². The molecular weight excluding hydrogens is 224 g/mol. The maximum absolute atomic E-state index is 11.5. The van der Waals surface area contributed by atoms with E-state index in [1.54, 1.807) is 4.90 Å². The van der Waals surface area contributed by atoms with Crippen LogP contribution in [0.5, 0.6) is 0 Å². The lowest BCUT2D eigenvalue weighted by Crippen LogP contribution is -2.39. The van der Waals surface area contributed by atoms with Crippen LogP contribution in [0, 0.1) is 0 Å². The fourth-order valence-corrected chi connectivity index (χ4v) is 1.33. The third-order valence-electron chi connectivity index (χ3n) is 2.28. The molecule has 0 aliphatic heterocycles. The second-order valence-electron chi connectivity index (χ2n) is 3.85. The average Bonchev–Trinajstić information content (AvgIpc) is 2.26. The number of nitrogens with zero attached hydrogens (tertiary/aromatic N) is 1. The Morgan fingerprint density at radius 3 is 2.53 bits per heavy atom. The minimum absolute atomic E-state index is 0.0256. The fraction of sp³-hybridized carbons (Fsp3) is 0.818. The zero-order valence-electron chi connectivity index (χ0n) is 10.3. The summed E-state index contributed by atoms with van der Waals surface area (Å²) in [5.74, 6) is -1.03. The van der Waals surface area contributed by atoms with E-state index in [1.807, 2.05) is 6.92 Å². The van der Waals surface area contributed by atoms with Crippen LogP contribution >= 0.6 is 0 Å². The number of amides is 1. The molecule has 0 aliphatic rings. The second kappa shape index (κ2) is 10.0. The molecule has 0 saturated carbocycles. The lowest BCUT2D eigenvalue weighted by atomic mass is 10.3. The van der Waals surface area contributed by atoms with Gasteiger partial charge in [0, 0.05) is 19.6 Å². The second-order valence-corrected chi connectivity index (χ2v) is 3.85. The normalized spacial score (nSPS) is 10.5. The van der Waals surface area contributed by atoms with Gasteiger partial charge < -0.3 is 15.5 Å². The van der Waals surface area contributed by atoms with Gasteiger partial charge in [0.05, 0.1) is 19.6 Å². The van der Waals surface area contributed by atoms with E-state index in [9.17, 15) is 9.59 Å². The molecule has 0 saturated heterocycles. The standard InChI is InChI=1S/C11H22N2O4/c1-2-3-5-12-10(15)9-13(7-8-14)6-4-11(16)17/h14H,2-9H2,1H3,(H,12,15)(H,16,17). The van der Waals surface area contributed by atoms with Crippen molar-refractivity contribution in [3.63, 3.8) is 0 Å². The van der Waals surface area contributed by atoms with E-state index in [1.165, 1.54) is 0 Å². The Balaban J connectivity index is 3.88. The summed E-state index contributed by atoms with van der Waals surface area (Å²) in [7, 11) is 0. The van der Waals surface area contributed by atoms with Crippen LogP contribution in [0.4, 0.5) is 0 Å². The van der Waals surface area contributed by atoms with Crippen LogP contribution in [0.15, 0.2) is 0 Å². The van der Waals surface area contributed by atoms with Crippen molar-refractivity contribution < 1.29 is 19.8 Å². The summed E-state index contributed by atoms with van der Waals surface area (Å²) in [6.07, 6.45) is 1.92. The number of rotatable bonds is 10.